The van der Waals surface area contributed by atoms with Crippen LogP contribution in [0.2, 0.25) is 0 Å². The summed E-state index contributed by atoms with van der Waals surface area (Å²) in [6.07, 6.45) is -0.207. The van der Waals surface area contributed by atoms with Crippen LogP contribution in [0.5, 0.6) is 11.5 Å². The largest absolute Gasteiger partial charge is 0.573 e. The first kappa shape index (κ1) is 35.2. The molecule has 11 heteroatoms. The summed E-state index contributed by atoms with van der Waals surface area (Å²) < 4.78 is 133. The van der Waals surface area contributed by atoms with Crippen LogP contribution in [0.4, 0.5) is 39.5 Å². The van der Waals surface area contributed by atoms with Crippen molar-refractivity contribution in [1.29, 1.82) is 0 Å². The van der Waals surface area contributed by atoms with E-state index in [2.05, 4.69) is 16.4 Å². The van der Waals surface area contributed by atoms with Gasteiger partial charge in [-0.3, -0.25) is 0 Å². The van der Waals surface area contributed by atoms with Gasteiger partial charge in [0, 0.05) is 11.6 Å². The minimum absolute atomic E-state index is 0.143. The molecule has 0 aromatic heterocycles. The van der Waals surface area contributed by atoms with Crippen LogP contribution in [0, 0.1) is 29.2 Å². The van der Waals surface area contributed by atoms with E-state index in [0.29, 0.717) is 35.7 Å². The Morgan fingerprint density at radius 1 is 0.625 bits per heavy atom. The van der Waals surface area contributed by atoms with E-state index >= 15 is 4.39 Å². The maximum absolute atomic E-state index is 15.3. The van der Waals surface area contributed by atoms with Crippen molar-refractivity contribution in [3.8, 4) is 33.8 Å². The number of alkyl halides is 5. The van der Waals surface area contributed by atoms with Gasteiger partial charge in [0.1, 0.15) is 28.8 Å². The highest BCUT2D eigenvalue weighted by Crippen LogP contribution is 2.40. The van der Waals surface area contributed by atoms with Gasteiger partial charge >= 0.3 is 12.5 Å². The second kappa shape index (κ2) is 14.5. The molecule has 0 unspecified atom stereocenters. The average molecular weight is 681 g/mol. The molecule has 5 rings (SSSR count). The minimum Gasteiger partial charge on any atom is -0.429 e. The van der Waals surface area contributed by atoms with E-state index in [0.717, 1.165) is 24.3 Å². The molecule has 0 radical (unpaired) electrons. The third kappa shape index (κ3) is 8.46. The molecule has 1 saturated carbocycles. The third-order valence-electron chi connectivity index (χ3n) is 8.77. The first-order chi connectivity index (χ1) is 22.7. The maximum atomic E-state index is 15.3. The van der Waals surface area contributed by atoms with Crippen molar-refractivity contribution in [3.05, 3.63) is 107 Å². The Bertz CT molecular complexity index is 1690. The second-order valence-corrected chi connectivity index (χ2v) is 12.1. The predicted octanol–water partition coefficient (Wildman–Crippen LogP) is 12.5. The molecular weight excluding hydrogens is 647 g/mol. The highest BCUT2D eigenvalue weighted by atomic mass is 19.4. The fourth-order valence-corrected chi connectivity index (χ4v) is 6.30. The zero-order chi connectivity index (χ0) is 34.6. The summed E-state index contributed by atoms with van der Waals surface area (Å²) in [7, 11) is 0. The Morgan fingerprint density at radius 2 is 1.25 bits per heavy atom. The van der Waals surface area contributed by atoms with E-state index in [-0.39, 0.29) is 17.2 Å². The summed E-state index contributed by atoms with van der Waals surface area (Å²) in [5, 5.41) is 0. The molecule has 1 aliphatic rings. The zero-order valence-corrected chi connectivity index (χ0v) is 26.0. The molecule has 0 spiro atoms. The van der Waals surface area contributed by atoms with E-state index in [1.54, 1.807) is 6.07 Å². The highest BCUT2D eigenvalue weighted by molar-refractivity contribution is 5.71. The molecule has 48 heavy (non-hydrogen) atoms. The fraction of sp³-hybridized carbons (Fsp3) is 0.351. The molecule has 0 bridgehead atoms. The average Bonchev–Trinajstić information content (AvgIpc) is 3.01. The lowest BCUT2D eigenvalue weighted by atomic mass is 9.77. The molecule has 1 aliphatic carbocycles. The van der Waals surface area contributed by atoms with Crippen molar-refractivity contribution in [3.63, 3.8) is 0 Å². The van der Waals surface area contributed by atoms with Gasteiger partial charge in [0.05, 0.1) is 0 Å². The predicted molar refractivity (Wildman–Crippen MR) is 164 cm³/mol. The normalized spacial score (nSPS) is 17.0. The van der Waals surface area contributed by atoms with Crippen LogP contribution in [-0.4, -0.2) is 6.36 Å². The summed E-state index contributed by atoms with van der Waals surface area (Å²) in [6.45, 7) is 2.21. The molecule has 0 amide bonds. The Kier molecular flexibility index (Phi) is 10.7. The Hall–Kier alpha value is -4.15. The van der Waals surface area contributed by atoms with Crippen molar-refractivity contribution in [2.24, 2.45) is 5.92 Å². The molecular formula is C37H33F9O2. The van der Waals surface area contributed by atoms with Crippen LogP contribution in [0.25, 0.3) is 22.3 Å². The molecule has 0 atom stereocenters. The lowest BCUT2D eigenvalue weighted by molar-refractivity contribution is -0.275. The van der Waals surface area contributed by atoms with E-state index in [9.17, 15) is 35.1 Å². The van der Waals surface area contributed by atoms with Crippen molar-refractivity contribution in [2.75, 3.05) is 0 Å². The number of unbranched alkanes of at least 4 members (excludes halogenated alkanes) is 2. The van der Waals surface area contributed by atoms with Gasteiger partial charge in [-0.1, -0.05) is 69.0 Å². The lowest BCUT2D eigenvalue weighted by Gasteiger charge is -2.29. The number of hydrogen-bond acceptors (Lipinski definition) is 2. The first-order valence-electron chi connectivity index (χ1n) is 15.8. The van der Waals surface area contributed by atoms with Gasteiger partial charge in [-0.25, -0.2) is 17.6 Å². The van der Waals surface area contributed by atoms with Crippen LogP contribution in [0.15, 0.2) is 72.8 Å². The van der Waals surface area contributed by atoms with Crippen LogP contribution < -0.4 is 9.47 Å². The van der Waals surface area contributed by atoms with Gasteiger partial charge in [0.2, 0.25) is 0 Å². The number of rotatable bonds is 11. The topological polar surface area (TPSA) is 18.5 Å². The molecule has 0 aliphatic heterocycles. The molecule has 2 nitrogen and oxygen atoms in total. The van der Waals surface area contributed by atoms with Gasteiger partial charge in [-0.15, -0.1) is 13.2 Å². The maximum Gasteiger partial charge on any atom is 0.573 e. The summed E-state index contributed by atoms with van der Waals surface area (Å²) in [5.74, 6) is -7.22. The Labute approximate surface area is 272 Å². The second-order valence-electron chi connectivity index (χ2n) is 12.1. The minimum atomic E-state index is -5.25. The van der Waals surface area contributed by atoms with E-state index in [4.69, 9.17) is 0 Å². The highest BCUT2D eigenvalue weighted by Gasteiger charge is 2.42. The summed E-state index contributed by atoms with van der Waals surface area (Å²) in [4.78, 5) is 0. The number of hydrogen-bond donors (Lipinski definition) is 0. The molecule has 1 fully saturated rings. The van der Waals surface area contributed by atoms with E-state index in [1.165, 1.54) is 56.2 Å². The lowest BCUT2D eigenvalue weighted by Crippen LogP contribution is -2.25. The van der Waals surface area contributed by atoms with Crippen LogP contribution in [0.1, 0.15) is 75.3 Å². The number of benzene rings is 4. The monoisotopic (exact) mass is 680 g/mol. The molecule has 0 saturated heterocycles. The summed E-state index contributed by atoms with van der Waals surface area (Å²) >= 11 is 0. The van der Waals surface area contributed by atoms with Gasteiger partial charge < -0.3 is 9.47 Å². The number of ether oxygens (including phenoxy) is 2. The third-order valence-corrected chi connectivity index (χ3v) is 8.77. The van der Waals surface area contributed by atoms with E-state index < -0.39 is 52.8 Å². The number of halogens is 9. The van der Waals surface area contributed by atoms with Gasteiger partial charge in [0.15, 0.2) is 11.6 Å². The SMILES string of the molecule is CCCCCC1CCC(c2ccc(-c3ccc(-c4cc(F)c(C(F)(F)Oc5ccc(OC(F)(F)F)c(F)c5)c(F)c4)c(F)c3)cc2)CC1. The van der Waals surface area contributed by atoms with Gasteiger partial charge in [-0.05, 0) is 90.1 Å². The van der Waals surface area contributed by atoms with Crippen molar-refractivity contribution >= 4 is 0 Å². The smallest absolute Gasteiger partial charge is 0.429 e. The van der Waals surface area contributed by atoms with Crippen molar-refractivity contribution < 1.29 is 49.0 Å². The van der Waals surface area contributed by atoms with Crippen LogP contribution in [0.3, 0.4) is 0 Å². The van der Waals surface area contributed by atoms with E-state index in [1.807, 2.05) is 24.3 Å². The zero-order valence-electron chi connectivity index (χ0n) is 26.0. The van der Waals surface area contributed by atoms with Crippen LogP contribution in [-0.2, 0) is 6.11 Å². The molecule has 0 N–H and O–H groups in total. The van der Waals surface area contributed by atoms with Crippen molar-refractivity contribution in [2.45, 2.75) is 76.7 Å². The van der Waals surface area contributed by atoms with Gasteiger partial charge in [0.25, 0.3) is 0 Å². The Balaban J connectivity index is 1.28. The summed E-state index contributed by atoms with van der Waals surface area (Å²) in [6, 6.07) is 13.9. The van der Waals surface area contributed by atoms with Crippen molar-refractivity contribution in [1.82, 2.24) is 0 Å². The molecule has 4 aromatic carbocycles. The Morgan fingerprint density at radius 3 is 1.83 bits per heavy atom. The summed E-state index contributed by atoms with van der Waals surface area (Å²) in [5.41, 5.74) is 0.00258. The van der Waals surface area contributed by atoms with Gasteiger partial charge in [-0.2, -0.15) is 8.78 Å². The quantitative estimate of drug-likeness (QED) is 0.116. The standard InChI is InChI=1S/C37H33F9O2/c1-2-3-4-5-22-6-8-23(9-7-22)24-10-12-25(13-11-24)26-14-16-29(30(38)18-26)27-19-32(40)35(33(41)20-27)36(42,43)47-28-15-17-34(31(39)21-28)48-37(44,45)46/h10-23H,2-9H2,1H3. The molecule has 256 valence electrons. The fourth-order valence-electron chi connectivity index (χ4n) is 6.30. The molecule has 0 heterocycles. The van der Waals surface area contributed by atoms with Crippen LogP contribution >= 0.6 is 0 Å². The molecule has 4 aromatic rings. The first-order valence-corrected chi connectivity index (χ1v) is 15.8.